The number of ether oxygens (including phenoxy) is 1. The summed E-state index contributed by atoms with van der Waals surface area (Å²) in [5, 5.41) is 8.69. The zero-order chi connectivity index (χ0) is 17.0. The number of amides is 1. The summed E-state index contributed by atoms with van der Waals surface area (Å²) in [4.78, 5) is 19.1. The molecule has 2 aromatic heterocycles. The van der Waals surface area contributed by atoms with Crippen LogP contribution in [0.1, 0.15) is 48.7 Å². The van der Waals surface area contributed by atoms with Gasteiger partial charge < -0.3 is 14.2 Å². The highest BCUT2D eigenvalue weighted by atomic mass is 16.5. The van der Waals surface area contributed by atoms with E-state index in [2.05, 4.69) is 15.2 Å². The minimum Gasteiger partial charge on any atom is -0.368 e. The number of carbonyl (C=O) groups excluding carboxylic acids is 1. The molecule has 0 bridgehead atoms. The van der Waals surface area contributed by atoms with Crippen LogP contribution in [0.4, 0.5) is 0 Å². The van der Waals surface area contributed by atoms with Gasteiger partial charge in [0, 0.05) is 50.3 Å². The molecule has 0 unspecified atom stereocenters. The molecule has 2 aromatic rings. The van der Waals surface area contributed by atoms with Gasteiger partial charge in [0.1, 0.15) is 6.10 Å². The average molecular weight is 343 g/mol. The monoisotopic (exact) mass is 343 g/mol. The number of rotatable bonds is 3. The second kappa shape index (κ2) is 5.66. The van der Waals surface area contributed by atoms with Gasteiger partial charge in [0.15, 0.2) is 11.5 Å². The van der Waals surface area contributed by atoms with Crippen molar-refractivity contribution in [1.29, 1.82) is 0 Å². The molecule has 1 amide bonds. The van der Waals surface area contributed by atoms with E-state index < -0.39 is 0 Å². The molecule has 2 aliphatic heterocycles. The molecule has 8 nitrogen and oxygen atoms in total. The van der Waals surface area contributed by atoms with Crippen molar-refractivity contribution in [3.8, 4) is 11.6 Å². The van der Waals surface area contributed by atoms with Crippen LogP contribution in [0, 0.1) is 0 Å². The summed E-state index contributed by atoms with van der Waals surface area (Å²) in [5.74, 6) is 1.76. The van der Waals surface area contributed by atoms with E-state index >= 15 is 0 Å². The Morgan fingerprint density at radius 3 is 2.92 bits per heavy atom. The molecule has 1 saturated heterocycles. The molecule has 0 radical (unpaired) electrons. The molecule has 8 heteroatoms. The standard InChI is InChI=1S/C17H21N5O3/c1-21-12-6-7-22(17(23)13-3-2-8-24-13)9-11(12)14(19-21)16-18-15(20-25-16)10-4-5-10/h10,13H,2-9H2,1H3/t13-/m1/s1. The third-order valence-electron chi connectivity index (χ3n) is 5.35. The Hall–Kier alpha value is -2.22. The van der Waals surface area contributed by atoms with E-state index in [9.17, 15) is 4.79 Å². The lowest BCUT2D eigenvalue weighted by atomic mass is 10.0. The Morgan fingerprint density at radius 1 is 1.28 bits per heavy atom. The van der Waals surface area contributed by atoms with Crippen LogP contribution in [0.25, 0.3) is 11.6 Å². The molecule has 132 valence electrons. The third kappa shape index (κ3) is 2.55. The fourth-order valence-corrected chi connectivity index (χ4v) is 3.77. The first kappa shape index (κ1) is 15.1. The zero-order valence-corrected chi connectivity index (χ0v) is 14.3. The second-order valence-electron chi connectivity index (χ2n) is 7.14. The van der Waals surface area contributed by atoms with Crippen molar-refractivity contribution in [1.82, 2.24) is 24.8 Å². The number of hydrogen-bond donors (Lipinski definition) is 0. The van der Waals surface area contributed by atoms with Crippen LogP contribution < -0.4 is 0 Å². The third-order valence-corrected chi connectivity index (χ3v) is 5.35. The van der Waals surface area contributed by atoms with Gasteiger partial charge in [-0.25, -0.2) is 0 Å². The first-order valence-electron chi connectivity index (χ1n) is 9.00. The molecule has 4 heterocycles. The lowest BCUT2D eigenvalue weighted by Gasteiger charge is -2.29. The quantitative estimate of drug-likeness (QED) is 0.837. The molecule has 5 rings (SSSR count). The van der Waals surface area contributed by atoms with Gasteiger partial charge in [-0.05, 0) is 25.7 Å². The van der Waals surface area contributed by atoms with E-state index in [0.717, 1.165) is 49.2 Å². The molecule has 0 aromatic carbocycles. The average Bonchev–Trinajstić information content (AvgIpc) is 3.04. The highest BCUT2D eigenvalue weighted by Crippen LogP contribution is 2.39. The maximum absolute atomic E-state index is 12.7. The normalized spacial score (nSPS) is 23.1. The van der Waals surface area contributed by atoms with E-state index in [1.54, 1.807) is 0 Å². The molecule has 3 aliphatic rings. The molecular weight excluding hydrogens is 322 g/mol. The first-order chi connectivity index (χ1) is 12.2. The van der Waals surface area contributed by atoms with Crippen LogP contribution in [0.15, 0.2) is 4.52 Å². The van der Waals surface area contributed by atoms with Crippen molar-refractivity contribution in [2.24, 2.45) is 7.05 Å². The van der Waals surface area contributed by atoms with Crippen molar-refractivity contribution in [2.45, 2.75) is 50.7 Å². The van der Waals surface area contributed by atoms with Crippen molar-refractivity contribution >= 4 is 5.91 Å². The van der Waals surface area contributed by atoms with E-state index in [1.807, 2.05) is 16.6 Å². The summed E-state index contributed by atoms with van der Waals surface area (Å²) in [7, 11) is 1.93. The van der Waals surface area contributed by atoms with Crippen LogP contribution in [0.3, 0.4) is 0 Å². The number of aromatic nitrogens is 4. The van der Waals surface area contributed by atoms with E-state index in [1.165, 1.54) is 0 Å². The Morgan fingerprint density at radius 2 is 2.16 bits per heavy atom. The van der Waals surface area contributed by atoms with Gasteiger partial charge in [0.2, 0.25) is 0 Å². The number of fused-ring (bicyclic) bond motifs is 1. The molecule has 0 spiro atoms. The maximum Gasteiger partial charge on any atom is 0.278 e. The van der Waals surface area contributed by atoms with Crippen LogP contribution in [-0.4, -0.2) is 50.0 Å². The van der Waals surface area contributed by atoms with E-state index in [4.69, 9.17) is 9.26 Å². The van der Waals surface area contributed by atoms with Gasteiger partial charge in [-0.2, -0.15) is 10.1 Å². The predicted octanol–water partition coefficient (Wildman–Crippen LogP) is 1.41. The van der Waals surface area contributed by atoms with Crippen molar-refractivity contribution < 1.29 is 14.1 Å². The minimum atomic E-state index is -0.286. The highest BCUT2D eigenvalue weighted by Gasteiger charge is 2.35. The van der Waals surface area contributed by atoms with Crippen LogP contribution in [0.5, 0.6) is 0 Å². The lowest BCUT2D eigenvalue weighted by molar-refractivity contribution is -0.141. The Balaban J connectivity index is 1.44. The first-order valence-corrected chi connectivity index (χ1v) is 9.00. The molecule has 25 heavy (non-hydrogen) atoms. The molecule has 0 N–H and O–H groups in total. The number of aryl methyl sites for hydroxylation is 1. The van der Waals surface area contributed by atoms with Gasteiger partial charge in [-0.15, -0.1) is 0 Å². The van der Waals surface area contributed by atoms with Gasteiger partial charge >= 0.3 is 0 Å². The fourth-order valence-electron chi connectivity index (χ4n) is 3.77. The summed E-state index contributed by atoms with van der Waals surface area (Å²) in [6.45, 7) is 1.90. The molecule has 2 fully saturated rings. The summed E-state index contributed by atoms with van der Waals surface area (Å²) >= 11 is 0. The molecule has 1 aliphatic carbocycles. The van der Waals surface area contributed by atoms with Crippen LogP contribution in [-0.2, 0) is 29.5 Å². The van der Waals surface area contributed by atoms with Gasteiger partial charge in [-0.3, -0.25) is 9.48 Å². The minimum absolute atomic E-state index is 0.0853. The number of carbonyl (C=O) groups is 1. The maximum atomic E-state index is 12.7. The van der Waals surface area contributed by atoms with Gasteiger partial charge in [0.25, 0.3) is 11.8 Å². The molecule has 1 atom stereocenters. The largest absolute Gasteiger partial charge is 0.368 e. The summed E-state index contributed by atoms with van der Waals surface area (Å²) in [5.41, 5.74) is 2.87. The zero-order valence-electron chi connectivity index (χ0n) is 14.3. The van der Waals surface area contributed by atoms with Crippen molar-refractivity contribution in [3.63, 3.8) is 0 Å². The smallest absolute Gasteiger partial charge is 0.278 e. The summed E-state index contributed by atoms with van der Waals surface area (Å²) in [6, 6.07) is 0. The summed E-state index contributed by atoms with van der Waals surface area (Å²) in [6.07, 6.45) is 4.52. The SMILES string of the molecule is Cn1nc(-c2nc(C3CC3)no2)c2c1CCN(C(=O)[C@H]1CCCO1)C2. The van der Waals surface area contributed by atoms with Crippen LogP contribution in [0.2, 0.25) is 0 Å². The van der Waals surface area contributed by atoms with Crippen LogP contribution >= 0.6 is 0 Å². The van der Waals surface area contributed by atoms with E-state index in [-0.39, 0.29) is 12.0 Å². The van der Waals surface area contributed by atoms with Gasteiger partial charge in [0.05, 0.1) is 0 Å². The number of hydrogen-bond acceptors (Lipinski definition) is 6. The lowest BCUT2D eigenvalue weighted by Crippen LogP contribution is -2.42. The topological polar surface area (TPSA) is 86.3 Å². The van der Waals surface area contributed by atoms with Crippen molar-refractivity contribution in [2.75, 3.05) is 13.2 Å². The van der Waals surface area contributed by atoms with Crippen molar-refractivity contribution in [3.05, 3.63) is 17.1 Å². The highest BCUT2D eigenvalue weighted by molar-refractivity contribution is 5.81. The second-order valence-corrected chi connectivity index (χ2v) is 7.14. The Bertz CT molecular complexity index is 816. The molecular formula is C17H21N5O3. The predicted molar refractivity (Wildman–Crippen MR) is 86.6 cm³/mol. The van der Waals surface area contributed by atoms with Gasteiger partial charge in [-0.1, -0.05) is 5.16 Å². The molecule has 1 saturated carbocycles. The fraction of sp³-hybridized carbons (Fsp3) is 0.647. The summed E-state index contributed by atoms with van der Waals surface area (Å²) < 4.78 is 12.9. The Kier molecular flexibility index (Phi) is 3.41. The number of nitrogens with zero attached hydrogens (tertiary/aromatic N) is 5. The van der Waals surface area contributed by atoms with E-state index in [0.29, 0.717) is 37.2 Å². The Labute approximate surface area is 145 Å².